The van der Waals surface area contributed by atoms with Gasteiger partial charge in [-0.25, -0.2) is 0 Å². The van der Waals surface area contributed by atoms with Crippen LogP contribution in [0.3, 0.4) is 0 Å². The Morgan fingerprint density at radius 2 is 2.05 bits per heavy atom. The summed E-state index contributed by atoms with van der Waals surface area (Å²) in [5.74, 6) is -1.09. The van der Waals surface area contributed by atoms with E-state index in [-0.39, 0.29) is 24.5 Å². The molecule has 1 atom stereocenters. The number of carbonyl (C=O) groups is 3. The summed E-state index contributed by atoms with van der Waals surface area (Å²) >= 11 is 0. The Balaban J connectivity index is 2.44. The van der Waals surface area contributed by atoms with Crippen LogP contribution in [0.5, 0.6) is 0 Å². The zero-order chi connectivity index (χ0) is 14.8. The van der Waals surface area contributed by atoms with Gasteiger partial charge in [0.05, 0.1) is 0 Å². The van der Waals surface area contributed by atoms with E-state index in [2.05, 4.69) is 10.6 Å². The van der Waals surface area contributed by atoms with Gasteiger partial charge in [-0.05, 0) is 18.1 Å². The lowest BCUT2D eigenvalue weighted by Crippen LogP contribution is -2.64. The number of nitrogens with one attached hydrogen (secondary N) is 2. The highest BCUT2D eigenvalue weighted by Gasteiger charge is 2.48. The highest BCUT2D eigenvalue weighted by Crippen LogP contribution is 2.29. The molecular formula is C15H18N2O3. The average Bonchev–Trinajstić information content (AvgIpc) is 2.39. The van der Waals surface area contributed by atoms with Gasteiger partial charge in [-0.3, -0.25) is 14.4 Å². The van der Waals surface area contributed by atoms with Gasteiger partial charge in [0.2, 0.25) is 5.91 Å². The fourth-order valence-electron chi connectivity index (χ4n) is 2.53. The quantitative estimate of drug-likeness (QED) is 0.815. The van der Waals surface area contributed by atoms with Crippen molar-refractivity contribution in [1.82, 2.24) is 5.32 Å². The number of benzene rings is 1. The maximum Gasteiger partial charge on any atom is 0.258 e. The molecule has 0 bridgehead atoms. The molecule has 1 heterocycles. The highest BCUT2D eigenvalue weighted by atomic mass is 16.2. The Morgan fingerprint density at radius 1 is 1.35 bits per heavy atom. The van der Waals surface area contributed by atoms with Crippen LogP contribution in [0.4, 0.5) is 5.69 Å². The SMILES string of the molecule is CCCC(=O)C1(NC(C)=O)Cc2ccccc2NC1=O. The maximum absolute atomic E-state index is 12.4. The molecule has 20 heavy (non-hydrogen) atoms. The molecule has 0 spiro atoms. The Kier molecular flexibility index (Phi) is 3.88. The third-order valence-electron chi connectivity index (χ3n) is 3.45. The van der Waals surface area contributed by atoms with Gasteiger partial charge in [-0.15, -0.1) is 0 Å². The third-order valence-corrected chi connectivity index (χ3v) is 3.45. The Morgan fingerprint density at radius 3 is 2.70 bits per heavy atom. The van der Waals surface area contributed by atoms with Gasteiger partial charge < -0.3 is 10.6 Å². The Bertz CT molecular complexity index is 568. The zero-order valence-corrected chi connectivity index (χ0v) is 11.7. The number of Topliss-reactive ketones (excluding diaryl/α,β-unsaturated/α-hetero) is 1. The number of hydrogen-bond donors (Lipinski definition) is 2. The van der Waals surface area contributed by atoms with Crippen LogP contribution in [0.1, 0.15) is 32.3 Å². The summed E-state index contributed by atoms with van der Waals surface area (Å²) in [6, 6.07) is 7.30. The van der Waals surface area contributed by atoms with Crippen molar-refractivity contribution in [2.45, 2.75) is 38.6 Å². The minimum absolute atomic E-state index is 0.202. The summed E-state index contributed by atoms with van der Waals surface area (Å²) in [4.78, 5) is 36.2. The first-order valence-electron chi connectivity index (χ1n) is 6.71. The molecule has 1 aromatic carbocycles. The van der Waals surface area contributed by atoms with E-state index in [0.717, 1.165) is 5.56 Å². The van der Waals surface area contributed by atoms with E-state index in [0.29, 0.717) is 12.1 Å². The van der Waals surface area contributed by atoms with Crippen molar-refractivity contribution in [1.29, 1.82) is 0 Å². The second-order valence-electron chi connectivity index (χ2n) is 5.05. The molecule has 1 unspecified atom stereocenters. The van der Waals surface area contributed by atoms with Gasteiger partial charge >= 0.3 is 0 Å². The van der Waals surface area contributed by atoms with Crippen molar-refractivity contribution in [3.05, 3.63) is 29.8 Å². The molecule has 2 rings (SSSR count). The number of anilines is 1. The number of rotatable bonds is 4. The van der Waals surface area contributed by atoms with E-state index < -0.39 is 11.4 Å². The first-order chi connectivity index (χ1) is 9.49. The Labute approximate surface area is 117 Å². The molecule has 0 fully saturated rings. The number of hydrogen-bond acceptors (Lipinski definition) is 3. The van der Waals surface area contributed by atoms with Crippen LogP contribution in [0.25, 0.3) is 0 Å². The number of para-hydroxylation sites is 1. The van der Waals surface area contributed by atoms with Crippen LogP contribution in [0.15, 0.2) is 24.3 Å². The van der Waals surface area contributed by atoms with Gasteiger partial charge in [0.1, 0.15) is 0 Å². The third kappa shape index (κ3) is 2.43. The topological polar surface area (TPSA) is 75.3 Å². The van der Waals surface area contributed by atoms with E-state index in [1.54, 1.807) is 6.07 Å². The fourth-order valence-corrected chi connectivity index (χ4v) is 2.53. The van der Waals surface area contributed by atoms with Gasteiger partial charge in [-0.2, -0.15) is 0 Å². The molecule has 0 radical (unpaired) electrons. The first-order valence-corrected chi connectivity index (χ1v) is 6.71. The minimum Gasteiger partial charge on any atom is -0.336 e. The summed E-state index contributed by atoms with van der Waals surface area (Å²) in [6.07, 6.45) is 1.10. The van der Waals surface area contributed by atoms with Crippen molar-refractivity contribution in [2.24, 2.45) is 0 Å². The van der Waals surface area contributed by atoms with Crippen LogP contribution in [0.2, 0.25) is 0 Å². The Hall–Kier alpha value is -2.17. The molecule has 2 amide bonds. The van der Waals surface area contributed by atoms with Gasteiger partial charge in [0.15, 0.2) is 11.3 Å². The van der Waals surface area contributed by atoms with E-state index in [1.807, 2.05) is 25.1 Å². The summed E-state index contributed by atoms with van der Waals surface area (Å²) < 4.78 is 0. The van der Waals surface area contributed by atoms with E-state index in [1.165, 1.54) is 6.92 Å². The van der Waals surface area contributed by atoms with E-state index >= 15 is 0 Å². The van der Waals surface area contributed by atoms with Crippen molar-refractivity contribution in [2.75, 3.05) is 5.32 Å². The standard InChI is InChI=1S/C15H18N2O3/c1-3-6-13(19)15(17-10(2)18)9-11-7-4-5-8-12(11)16-14(15)20/h4-5,7-8H,3,6,9H2,1-2H3,(H,16,20)(H,17,18). The highest BCUT2D eigenvalue weighted by molar-refractivity contribution is 6.19. The molecule has 106 valence electrons. The van der Waals surface area contributed by atoms with Crippen molar-refractivity contribution < 1.29 is 14.4 Å². The van der Waals surface area contributed by atoms with Gasteiger partial charge in [-0.1, -0.05) is 25.1 Å². The summed E-state index contributed by atoms with van der Waals surface area (Å²) in [7, 11) is 0. The smallest absolute Gasteiger partial charge is 0.258 e. The number of ketones is 1. The average molecular weight is 274 g/mol. The monoisotopic (exact) mass is 274 g/mol. The molecule has 1 aromatic rings. The lowest BCUT2D eigenvalue weighted by Gasteiger charge is -2.36. The summed E-state index contributed by atoms with van der Waals surface area (Å²) in [6.45, 7) is 3.18. The largest absolute Gasteiger partial charge is 0.336 e. The minimum atomic E-state index is -1.48. The summed E-state index contributed by atoms with van der Waals surface area (Å²) in [5.41, 5.74) is 0.0732. The van der Waals surface area contributed by atoms with Crippen LogP contribution < -0.4 is 10.6 Å². The molecule has 0 aromatic heterocycles. The van der Waals surface area contributed by atoms with E-state index in [4.69, 9.17) is 0 Å². The molecule has 1 aliphatic heterocycles. The second kappa shape index (κ2) is 5.45. The van der Waals surface area contributed by atoms with Crippen LogP contribution >= 0.6 is 0 Å². The fraction of sp³-hybridized carbons (Fsp3) is 0.400. The molecule has 5 heteroatoms. The molecule has 5 nitrogen and oxygen atoms in total. The number of carbonyl (C=O) groups excluding carboxylic acids is 3. The molecule has 0 saturated heterocycles. The second-order valence-corrected chi connectivity index (χ2v) is 5.05. The van der Waals surface area contributed by atoms with Gasteiger partial charge in [0, 0.05) is 25.5 Å². The van der Waals surface area contributed by atoms with Crippen LogP contribution in [0, 0.1) is 0 Å². The van der Waals surface area contributed by atoms with Crippen molar-refractivity contribution >= 4 is 23.3 Å². The van der Waals surface area contributed by atoms with E-state index in [9.17, 15) is 14.4 Å². The zero-order valence-electron chi connectivity index (χ0n) is 11.7. The first kappa shape index (κ1) is 14.2. The van der Waals surface area contributed by atoms with Crippen LogP contribution in [-0.2, 0) is 20.8 Å². The predicted octanol–water partition coefficient (Wildman–Crippen LogP) is 1.43. The number of amides is 2. The van der Waals surface area contributed by atoms with Gasteiger partial charge in [0.25, 0.3) is 5.91 Å². The number of fused-ring (bicyclic) bond motifs is 1. The molecule has 2 N–H and O–H groups in total. The molecule has 0 saturated carbocycles. The lowest BCUT2D eigenvalue weighted by molar-refractivity contribution is -0.139. The predicted molar refractivity (Wildman–Crippen MR) is 75.2 cm³/mol. The molecule has 0 aliphatic carbocycles. The molecular weight excluding hydrogens is 256 g/mol. The van der Waals surface area contributed by atoms with Crippen molar-refractivity contribution in [3.8, 4) is 0 Å². The van der Waals surface area contributed by atoms with Crippen molar-refractivity contribution in [3.63, 3.8) is 0 Å². The normalized spacial score (nSPS) is 20.8. The molecule has 1 aliphatic rings. The van der Waals surface area contributed by atoms with Crippen LogP contribution in [-0.4, -0.2) is 23.1 Å². The maximum atomic E-state index is 12.4. The summed E-state index contributed by atoms with van der Waals surface area (Å²) in [5, 5.41) is 5.29. The lowest BCUT2D eigenvalue weighted by atomic mass is 9.80.